The van der Waals surface area contributed by atoms with Crippen molar-refractivity contribution in [1.82, 2.24) is 4.98 Å². The number of amides is 1. The number of carbonyl (C=O) groups is 1. The van der Waals surface area contributed by atoms with Gasteiger partial charge in [-0.1, -0.05) is 0 Å². The summed E-state index contributed by atoms with van der Waals surface area (Å²) in [4.78, 5) is 15.6. The van der Waals surface area contributed by atoms with Crippen molar-refractivity contribution in [3.05, 3.63) is 18.3 Å². The number of nitrogens with two attached hydrogens (primary N) is 1. The smallest absolute Gasteiger partial charge is 0.226 e. The van der Waals surface area contributed by atoms with E-state index in [9.17, 15) is 4.79 Å². The Morgan fingerprint density at radius 2 is 2.24 bits per heavy atom. The zero-order valence-electron chi connectivity index (χ0n) is 10.5. The molecule has 1 heterocycles. The molecule has 5 heteroatoms. The van der Waals surface area contributed by atoms with E-state index >= 15 is 0 Å². The Bertz CT molecular complexity index is 368. The van der Waals surface area contributed by atoms with Crippen molar-refractivity contribution < 1.29 is 9.53 Å². The Morgan fingerprint density at radius 1 is 1.53 bits per heavy atom. The van der Waals surface area contributed by atoms with Crippen LogP contribution in [0.5, 0.6) is 5.88 Å². The topological polar surface area (TPSA) is 77.2 Å². The third-order valence-electron chi connectivity index (χ3n) is 1.93. The minimum atomic E-state index is -0.511. The summed E-state index contributed by atoms with van der Waals surface area (Å²) in [6.07, 6.45) is 1.83. The molecule has 17 heavy (non-hydrogen) atoms. The Hall–Kier alpha value is -1.62. The van der Waals surface area contributed by atoms with Gasteiger partial charge in [0.1, 0.15) is 0 Å². The van der Waals surface area contributed by atoms with Crippen molar-refractivity contribution >= 4 is 11.6 Å². The number of pyridine rings is 1. The van der Waals surface area contributed by atoms with Gasteiger partial charge in [-0.05, 0) is 26.8 Å². The minimum absolute atomic E-state index is 0.122. The number of nitrogens with zero attached hydrogens (tertiary/aromatic N) is 1. The van der Waals surface area contributed by atoms with E-state index in [-0.39, 0.29) is 12.3 Å². The van der Waals surface area contributed by atoms with E-state index < -0.39 is 5.54 Å². The summed E-state index contributed by atoms with van der Waals surface area (Å²) in [7, 11) is 0. The van der Waals surface area contributed by atoms with E-state index in [0.717, 1.165) is 0 Å². The van der Waals surface area contributed by atoms with Crippen molar-refractivity contribution in [2.24, 2.45) is 5.73 Å². The van der Waals surface area contributed by atoms with Crippen LogP contribution >= 0.6 is 0 Å². The molecule has 0 saturated carbocycles. The maximum atomic E-state index is 11.6. The van der Waals surface area contributed by atoms with Crippen LogP contribution in [0.3, 0.4) is 0 Å². The highest BCUT2D eigenvalue weighted by Gasteiger charge is 2.16. The standard InChI is InChI=1S/C12H19N3O2/c1-4-17-11-6-5-9(8-14-11)15-10(16)7-12(2,3)13/h5-6,8H,4,7,13H2,1-3H3,(H,15,16). The SMILES string of the molecule is CCOc1ccc(NC(=O)CC(C)(C)N)cn1. The monoisotopic (exact) mass is 237 g/mol. The Labute approximate surface area is 101 Å². The highest BCUT2D eigenvalue weighted by atomic mass is 16.5. The molecule has 0 saturated heterocycles. The average molecular weight is 237 g/mol. The Kier molecular flexibility index (Phi) is 4.45. The van der Waals surface area contributed by atoms with Gasteiger partial charge in [-0.15, -0.1) is 0 Å². The van der Waals surface area contributed by atoms with E-state index in [4.69, 9.17) is 10.5 Å². The molecule has 0 fully saturated rings. The van der Waals surface area contributed by atoms with E-state index in [1.807, 2.05) is 20.8 Å². The lowest BCUT2D eigenvalue weighted by Crippen LogP contribution is -2.36. The minimum Gasteiger partial charge on any atom is -0.478 e. The molecule has 0 atom stereocenters. The van der Waals surface area contributed by atoms with Crippen LogP contribution in [-0.2, 0) is 4.79 Å². The van der Waals surface area contributed by atoms with Gasteiger partial charge < -0.3 is 15.8 Å². The molecule has 0 unspecified atom stereocenters. The Balaban J connectivity index is 2.54. The molecule has 0 aliphatic carbocycles. The van der Waals surface area contributed by atoms with Crippen molar-refractivity contribution in [3.63, 3.8) is 0 Å². The summed E-state index contributed by atoms with van der Waals surface area (Å²) in [5, 5.41) is 2.73. The predicted octanol–water partition coefficient (Wildman–Crippen LogP) is 1.55. The number of carbonyl (C=O) groups excluding carboxylic acids is 1. The fourth-order valence-corrected chi connectivity index (χ4v) is 1.31. The summed E-state index contributed by atoms with van der Waals surface area (Å²) in [5.41, 5.74) is 5.89. The van der Waals surface area contributed by atoms with Crippen LogP contribution in [-0.4, -0.2) is 23.0 Å². The quantitative estimate of drug-likeness (QED) is 0.814. The van der Waals surface area contributed by atoms with Crippen molar-refractivity contribution in [2.75, 3.05) is 11.9 Å². The zero-order chi connectivity index (χ0) is 12.9. The normalized spacial score (nSPS) is 11.1. The van der Waals surface area contributed by atoms with E-state index in [1.54, 1.807) is 18.3 Å². The Morgan fingerprint density at radius 3 is 2.71 bits per heavy atom. The predicted molar refractivity (Wildman–Crippen MR) is 66.9 cm³/mol. The number of hydrogen-bond donors (Lipinski definition) is 2. The highest BCUT2D eigenvalue weighted by molar-refractivity contribution is 5.91. The first kappa shape index (κ1) is 13.4. The van der Waals surface area contributed by atoms with Crippen LogP contribution < -0.4 is 15.8 Å². The van der Waals surface area contributed by atoms with Crippen molar-refractivity contribution in [1.29, 1.82) is 0 Å². The molecule has 0 spiro atoms. The molecule has 1 aromatic heterocycles. The lowest BCUT2D eigenvalue weighted by atomic mass is 10.0. The fourth-order valence-electron chi connectivity index (χ4n) is 1.31. The number of ether oxygens (including phenoxy) is 1. The number of nitrogens with one attached hydrogen (secondary N) is 1. The first-order valence-corrected chi connectivity index (χ1v) is 5.58. The molecule has 3 N–H and O–H groups in total. The first-order chi connectivity index (χ1) is 7.90. The second kappa shape index (κ2) is 5.63. The molecule has 0 aliphatic rings. The zero-order valence-corrected chi connectivity index (χ0v) is 10.5. The number of anilines is 1. The lowest BCUT2D eigenvalue weighted by Gasteiger charge is -2.17. The molecular formula is C12H19N3O2. The van der Waals surface area contributed by atoms with Crippen LogP contribution in [0.1, 0.15) is 27.2 Å². The number of hydrogen-bond acceptors (Lipinski definition) is 4. The van der Waals surface area contributed by atoms with Gasteiger partial charge in [-0.3, -0.25) is 4.79 Å². The molecule has 1 amide bonds. The van der Waals surface area contributed by atoms with E-state index in [0.29, 0.717) is 18.2 Å². The van der Waals surface area contributed by atoms with E-state index in [1.165, 1.54) is 0 Å². The molecule has 0 radical (unpaired) electrons. The third-order valence-corrected chi connectivity index (χ3v) is 1.93. The van der Waals surface area contributed by atoms with Gasteiger partial charge in [-0.25, -0.2) is 4.98 Å². The van der Waals surface area contributed by atoms with Crippen LogP contribution in [0.15, 0.2) is 18.3 Å². The molecule has 0 aromatic carbocycles. The number of rotatable bonds is 5. The van der Waals surface area contributed by atoms with Gasteiger partial charge in [0, 0.05) is 18.0 Å². The van der Waals surface area contributed by atoms with E-state index in [2.05, 4.69) is 10.3 Å². The van der Waals surface area contributed by atoms with Crippen LogP contribution in [0.2, 0.25) is 0 Å². The molecule has 1 aromatic rings. The highest BCUT2D eigenvalue weighted by Crippen LogP contribution is 2.13. The second-order valence-corrected chi connectivity index (χ2v) is 4.53. The number of aromatic nitrogens is 1. The molecule has 94 valence electrons. The first-order valence-electron chi connectivity index (χ1n) is 5.58. The molecule has 1 rings (SSSR count). The van der Waals surface area contributed by atoms with Crippen LogP contribution in [0.4, 0.5) is 5.69 Å². The summed E-state index contributed by atoms with van der Waals surface area (Å²) in [6.45, 7) is 6.08. The second-order valence-electron chi connectivity index (χ2n) is 4.53. The lowest BCUT2D eigenvalue weighted by molar-refractivity contribution is -0.117. The van der Waals surface area contributed by atoms with Crippen molar-refractivity contribution in [3.8, 4) is 5.88 Å². The maximum Gasteiger partial charge on any atom is 0.226 e. The largest absolute Gasteiger partial charge is 0.478 e. The van der Waals surface area contributed by atoms with Gasteiger partial charge in [-0.2, -0.15) is 0 Å². The maximum absolute atomic E-state index is 11.6. The fraction of sp³-hybridized carbons (Fsp3) is 0.500. The summed E-state index contributed by atoms with van der Waals surface area (Å²) in [5.74, 6) is 0.424. The van der Waals surface area contributed by atoms with Crippen LogP contribution in [0.25, 0.3) is 0 Å². The van der Waals surface area contributed by atoms with Gasteiger partial charge in [0.2, 0.25) is 11.8 Å². The molecular weight excluding hydrogens is 218 g/mol. The molecule has 0 aliphatic heterocycles. The molecule has 5 nitrogen and oxygen atoms in total. The summed E-state index contributed by atoms with van der Waals surface area (Å²) < 4.78 is 5.20. The van der Waals surface area contributed by atoms with Gasteiger partial charge in [0.05, 0.1) is 18.5 Å². The van der Waals surface area contributed by atoms with Crippen LogP contribution in [0, 0.1) is 0 Å². The average Bonchev–Trinajstić information content (AvgIpc) is 2.18. The van der Waals surface area contributed by atoms with Gasteiger partial charge in [0.15, 0.2) is 0 Å². The summed E-state index contributed by atoms with van der Waals surface area (Å²) >= 11 is 0. The molecule has 0 bridgehead atoms. The van der Waals surface area contributed by atoms with Gasteiger partial charge >= 0.3 is 0 Å². The summed E-state index contributed by atoms with van der Waals surface area (Å²) in [6, 6.07) is 3.46. The van der Waals surface area contributed by atoms with Crippen molar-refractivity contribution in [2.45, 2.75) is 32.7 Å². The van der Waals surface area contributed by atoms with Gasteiger partial charge in [0.25, 0.3) is 0 Å². The third kappa shape index (κ3) is 5.31.